The van der Waals surface area contributed by atoms with E-state index in [-0.39, 0.29) is 30.2 Å². The number of ether oxygens (including phenoxy) is 1. The molecule has 0 radical (unpaired) electrons. The summed E-state index contributed by atoms with van der Waals surface area (Å²) in [7, 11) is 1.58. The van der Waals surface area contributed by atoms with Gasteiger partial charge in [-0.05, 0) is 79.2 Å². The number of aryl methyl sites for hydroxylation is 1. The van der Waals surface area contributed by atoms with Crippen LogP contribution in [0.15, 0.2) is 60.0 Å². The monoisotopic (exact) mass is 482 g/mol. The molecule has 1 aromatic heterocycles. The number of methoxy groups -OCH3 is 1. The number of nitrogens with zero attached hydrogens (tertiary/aromatic N) is 2. The minimum Gasteiger partial charge on any atom is -0.497 e. The average molecular weight is 483 g/mol. The van der Waals surface area contributed by atoms with Crippen LogP contribution in [0.25, 0.3) is 0 Å². The number of rotatable bonds is 10. The van der Waals surface area contributed by atoms with E-state index in [4.69, 9.17) is 4.74 Å². The number of hydrogen-bond donors (Lipinski definition) is 0. The van der Waals surface area contributed by atoms with Crippen LogP contribution in [-0.4, -0.2) is 41.3 Å². The fourth-order valence-electron chi connectivity index (χ4n) is 3.58. The summed E-state index contributed by atoms with van der Waals surface area (Å²) in [6, 6.07) is 15.0. The summed E-state index contributed by atoms with van der Waals surface area (Å²) < 4.78 is 18.6. The van der Waals surface area contributed by atoms with Crippen molar-refractivity contribution in [2.75, 3.05) is 13.7 Å². The number of benzene rings is 2. The van der Waals surface area contributed by atoms with Gasteiger partial charge in [0.25, 0.3) is 5.91 Å². The number of hydrogen-bond acceptors (Lipinski definition) is 4. The van der Waals surface area contributed by atoms with Crippen LogP contribution >= 0.6 is 11.3 Å². The third-order valence-electron chi connectivity index (χ3n) is 5.97. The molecule has 2 amide bonds. The summed E-state index contributed by atoms with van der Waals surface area (Å²) in [4.78, 5) is 31.4. The maximum Gasteiger partial charge on any atom is 0.254 e. The van der Waals surface area contributed by atoms with E-state index >= 15 is 0 Å². The van der Waals surface area contributed by atoms with Crippen molar-refractivity contribution >= 4 is 23.2 Å². The van der Waals surface area contributed by atoms with E-state index in [2.05, 4.69) is 0 Å². The Kier molecular flexibility index (Phi) is 8.82. The van der Waals surface area contributed by atoms with Gasteiger partial charge in [0.1, 0.15) is 18.1 Å². The predicted molar refractivity (Wildman–Crippen MR) is 133 cm³/mol. The molecule has 180 valence electrons. The molecule has 2 aromatic carbocycles. The van der Waals surface area contributed by atoms with Crippen LogP contribution < -0.4 is 4.74 Å². The molecule has 1 atom stereocenters. The van der Waals surface area contributed by atoms with Crippen molar-refractivity contribution in [3.05, 3.63) is 87.4 Å². The maximum atomic E-state index is 13.6. The topological polar surface area (TPSA) is 49.9 Å². The first-order valence-electron chi connectivity index (χ1n) is 11.3. The molecule has 0 saturated carbocycles. The molecule has 1 unspecified atom stereocenters. The smallest absolute Gasteiger partial charge is 0.254 e. The Morgan fingerprint density at radius 3 is 2.26 bits per heavy atom. The van der Waals surface area contributed by atoms with Crippen LogP contribution in [0.4, 0.5) is 4.39 Å². The normalized spacial score (nSPS) is 11.7. The van der Waals surface area contributed by atoms with Crippen molar-refractivity contribution in [3.63, 3.8) is 0 Å². The van der Waals surface area contributed by atoms with Gasteiger partial charge in [-0.1, -0.05) is 19.1 Å². The summed E-state index contributed by atoms with van der Waals surface area (Å²) in [5.41, 5.74) is 2.46. The molecule has 0 N–H and O–H groups in total. The number of thiophene rings is 1. The lowest BCUT2D eigenvalue weighted by Crippen LogP contribution is -2.46. The van der Waals surface area contributed by atoms with Gasteiger partial charge in [-0.15, -0.1) is 11.3 Å². The largest absolute Gasteiger partial charge is 0.497 e. The molecule has 0 bridgehead atoms. The summed E-state index contributed by atoms with van der Waals surface area (Å²) in [5, 5.41) is 2.00. The van der Waals surface area contributed by atoms with Crippen molar-refractivity contribution in [1.29, 1.82) is 0 Å². The van der Waals surface area contributed by atoms with Gasteiger partial charge in [0, 0.05) is 23.0 Å². The predicted octanol–water partition coefficient (Wildman–Crippen LogP) is 5.67. The molecule has 3 aromatic rings. The first kappa shape index (κ1) is 25.4. The van der Waals surface area contributed by atoms with Crippen molar-refractivity contribution in [2.24, 2.45) is 0 Å². The first-order chi connectivity index (χ1) is 16.3. The van der Waals surface area contributed by atoms with Crippen LogP contribution in [-0.2, 0) is 17.9 Å². The van der Waals surface area contributed by atoms with Crippen LogP contribution in [0.5, 0.6) is 5.75 Å². The SMILES string of the molecule is CCC(C)N(CC(=O)N(Cc1ccc(F)cc1)Cc1sccc1C)C(=O)c1ccc(OC)cc1. The fraction of sp³-hybridized carbons (Fsp3) is 0.333. The van der Waals surface area contributed by atoms with Crippen molar-refractivity contribution in [1.82, 2.24) is 9.80 Å². The third kappa shape index (κ3) is 6.44. The van der Waals surface area contributed by atoms with Crippen molar-refractivity contribution in [2.45, 2.75) is 46.3 Å². The second kappa shape index (κ2) is 11.8. The molecule has 1 heterocycles. The Labute approximate surface area is 204 Å². The zero-order valence-corrected chi connectivity index (χ0v) is 20.9. The Balaban J connectivity index is 1.84. The van der Waals surface area contributed by atoms with E-state index < -0.39 is 0 Å². The second-order valence-corrected chi connectivity index (χ2v) is 9.32. The van der Waals surface area contributed by atoms with Gasteiger partial charge >= 0.3 is 0 Å². The zero-order valence-electron chi connectivity index (χ0n) is 20.1. The van der Waals surface area contributed by atoms with Gasteiger partial charge in [0.05, 0.1) is 13.7 Å². The number of amides is 2. The second-order valence-electron chi connectivity index (χ2n) is 8.32. The summed E-state index contributed by atoms with van der Waals surface area (Å²) in [6.07, 6.45) is 0.719. The molecule has 0 spiro atoms. The van der Waals surface area contributed by atoms with Crippen LogP contribution in [0, 0.1) is 12.7 Å². The lowest BCUT2D eigenvalue weighted by molar-refractivity contribution is -0.133. The van der Waals surface area contributed by atoms with E-state index in [1.165, 1.54) is 12.1 Å². The first-order valence-corrected chi connectivity index (χ1v) is 12.2. The van der Waals surface area contributed by atoms with Crippen LogP contribution in [0.3, 0.4) is 0 Å². The molecule has 0 aliphatic carbocycles. The van der Waals surface area contributed by atoms with Crippen LogP contribution in [0.1, 0.15) is 46.6 Å². The molecular formula is C27H31FN2O3S. The fourth-order valence-corrected chi connectivity index (χ4v) is 4.50. The van der Waals surface area contributed by atoms with E-state index in [1.807, 2.05) is 32.2 Å². The Hall–Kier alpha value is -3.19. The molecule has 0 saturated heterocycles. The highest BCUT2D eigenvalue weighted by Crippen LogP contribution is 2.21. The third-order valence-corrected chi connectivity index (χ3v) is 6.98. The number of carbonyl (C=O) groups excluding carboxylic acids is 2. The van der Waals surface area contributed by atoms with E-state index in [9.17, 15) is 14.0 Å². The zero-order chi connectivity index (χ0) is 24.7. The van der Waals surface area contributed by atoms with Gasteiger partial charge in [0.15, 0.2) is 0 Å². The highest BCUT2D eigenvalue weighted by atomic mass is 32.1. The minimum absolute atomic E-state index is 0.0362. The maximum absolute atomic E-state index is 13.6. The Morgan fingerprint density at radius 1 is 1.03 bits per heavy atom. The van der Waals surface area contributed by atoms with Crippen molar-refractivity contribution < 1.29 is 18.7 Å². The molecule has 7 heteroatoms. The minimum atomic E-state index is -0.316. The molecule has 0 fully saturated rings. The van der Waals surface area contributed by atoms with Gasteiger partial charge in [-0.25, -0.2) is 4.39 Å². The Bertz CT molecular complexity index is 1100. The van der Waals surface area contributed by atoms with E-state index in [0.717, 1.165) is 22.4 Å². The Morgan fingerprint density at radius 2 is 1.71 bits per heavy atom. The lowest BCUT2D eigenvalue weighted by atomic mass is 10.1. The quantitative estimate of drug-likeness (QED) is 0.374. The highest BCUT2D eigenvalue weighted by Gasteiger charge is 2.26. The van der Waals surface area contributed by atoms with Crippen molar-refractivity contribution in [3.8, 4) is 5.75 Å². The van der Waals surface area contributed by atoms with Gasteiger partial charge in [-0.3, -0.25) is 9.59 Å². The van der Waals surface area contributed by atoms with Crippen LogP contribution in [0.2, 0.25) is 0 Å². The molecule has 3 rings (SSSR count). The molecular weight excluding hydrogens is 451 g/mol. The highest BCUT2D eigenvalue weighted by molar-refractivity contribution is 7.10. The summed E-state index contributed by atoms with van der Waals surface area (Å²) >= 11 is 1.60. The van der Waals surface area contributed by atoms with Gasteiger partial charge in [0.2, 0.25) is 5.91 Å². The average Bonchev–Trinajstić information content (AvgIpc) is 3.26. The lowest BCUT2D eigenvalue weighted by Gasteiger charge is -2.31. The molecule has 0 aliphatic heterocycles. The molecule has 34 heavy (non-hydrogen) atoms. The number of carbonyl (C=O) groups is 2. The summed E-state index contributed by atoms with van der Waals surface area (Å²) in [5.74, 6) is 0.00180. The van der Waals surface area contributed by atoms with E-state index in [1.54, 1.807) is 64.6 Å². The molecule has 0 aliphatic rings. The number of halogens is 1. The van der Waals surface area contributed by atoms with Gasteiger partial charge in [-0.2, -0.15) is 0 Å². The van der Waals surface area contributed by atoms with E-state index in [0.29, 0.717) is 24.4 Å². The molecule has 5 nitrogen and oxygen atoms in total. The standard InChI is InChI=1S/C27H31FN2O3S/c1-5-20(3)30(27(32)22-8-12-24(33-4)13-9-22)18-26(31)29(17-25-19(2)14-15-34-25)16-21-6-10-23(28)11-7-21/h6-15,20H,5,16-18H2,1-4H3. The van der Waals surface area contributed by atoms with Gasteiger partial charge < -0.3 is 14.5 Å². The summed E-state index contributed by atoms with van der Waals surface area (Å²) in [6.45, 7) is 6.69.